The lowest BCUT2D eigenvalue weighted by Crippen LogP contribution is -2.06. The van der Waals surface area contributed by atoms with Gasteiger partial charge in [-0.25, -0.2) is 0 Å². The molecule has 1 aromatic carbocycles. The average molecular weight is 387 g/mol. The predicted molar refractivity (Wildman–Crippen MR) is 74.5 cm³/mol. The van der Waals surface area contributed by atoms with Crippen molar-refractivity contribution in [3.8, 4) is 0 Å². The summed E-state index contributed by atoms with van der Waals surface area (Å²) < 4.78 is 38.4. The molecule has 3 nitrogen and oxygen atoms in total. The summed E-state index contributed by atoms with van der Waals surface area (Å²) in [5, 5.41) is 9.87. The minimum absolute atomic E-state index is 0.00119. The Morgan fingerprint density at radius 3 is 2.40 bits per heavy atom. The zero-order valence-corrected chi connectivity index (χ0v) is 12.6. The molecular weight excluding hydrogens is 382 g/mol. The number of alkyl halides is 3. The summed E-state index contributed by atoms with van der Waals surface area (Å²) in [6, 6.07) is 4.57. The molecule has 0 aliphatic rings. The molecule has 9 heteroatoms. The fraction of sp³-hybridized carbons (Fsp3) is 0.0909. The Morgan fingerprint density at radius 1 is 1.05 bits per heavy atom. The molecule has 0 amide bonds. The molecule has 0 aliphatic carbocycles. The van der Waals surface area contributed by atoms with Crippen LogP contribution in [0.2, 0.25) is 10.3 Å². The van der Waals surface area contributed by atoms with Crippen LogP contribution < -0.4 is 5.32 Å². The fourth-order valence-electron chi connectivity index (χ4n) is 1.38. The van der Waals surface area contributed by atoms with Crippen molar-refractivity contribution < 1.29 is 13.2 Å². The Morgan fingerprint density at radius 2 is 1.75 bits per heavy atom. The van der Waals surface area contributed by atoms with Crippen molar-refractivity contribution >= 4 is 50.5 Å². The first kappa shape index (κ1) is 15.3. The largest absolute Gasteiger partial charge is 0.416 e. The molecule has 0 radical (unpaired) electrons. The highest BCUT2D eigenvalue weighted by atomic mass is 79.9. The van der Waals surface area contributed by atoms with Gasteiger partial charge in [-0.15, -0.1) is 10.2 Å². The number of hydrogen-bond donors (Lipinski definition) is 1. The van der Waals surface area contributed by atoms with Gasteiger partial charge in [-0.1, -0.05) is 23.2 Å². The summed E-state index contributed by atoms with van der Waals surface area (Å²) in [6.07, 6.45) is -4.44. The van der Waals surface area contributed by atoms with Gasteiger partial charge in [-0.2, -0.15) is 13.2 Å². The summed E-state index contributed by atoms with van der Waals surface area (Å²) >= 11 is 14.6. The Kier molecular flexibility index (Phi) is 4.41. The Balaban J connectivity index is 2.40. The van der Waals surface area contributed by atoms with E-state index in [0.717, 1.165) is 12.1 Å². The SMILES string of the molecule is FC(F)(F)c1ccc(Br)c(Nc2cc(Cl)nnc2Cl)c1. The highest BCUT2D eigenvalue weighted by Gasteiger charge is 2.31. The van der Waals surface area contributed by atoms with Gasteiger partial charge in [-0.05, 0) is 34.1 Å². The van der Waals surface area contributed by atoms with E-state index in [2.05, 4.69) is 31.4 Å². The van der Waals surface area contributed by atoms with Crippen LogP contribution in [0.15, 0.2) is 28.7 Å². The molecule has 0 unspecified atom stereocenters. The van der Waals surface area contributed by atoms with Crippen LogP contribution in [0.1, 0.15) is 5.56 Å². The first-order chi connectivity index (χ1) is 9.27. The number of aromatic nitrogens is 2. The van der Waals surface area contributed by atoms with E-state index in [1.165, 1.54) is 12.1 Å². The second kappa shape index (κ2) is 5.75. The monoisotopic (exact) mass is 385 g/mol. The molecule has 0 fully saturated rings. The maximum atomic E-state index is 12.7. The number of halogens is 6. The van der Waals surface area contributed by atoms with Gasteiger partial charge in [0.1, 0.15) is 0 Å². The van der Waals surface area contributed by atoms with Gasteiger partial charge >= 0.3 is 6.18 Å². The molecule has 0 aliphatic heterocycles. The van der Waals surface area contributed by atoms with Crippen LogP contribution in [0.4, 0.5) is 24.5 Å². The van der Waals surface area contributed by atoms with E-state index in [4.69, 9.17) is 23.2 Å². The molecule has 2 rings (SSSR count). The normalized spacial score (nSPS) is 11.5. The standard InChI is InChI=1S/C11H5BrCl2F3N3/c12-6-2-1-5(11(15,16)17)3-7(6)18-8-4-9(13)19-20-10(8)14/h1-4H,(H,18,19). The Bertz CT molecular complexity index is 649. The fourth-order valence-corrected chi connectivity index (χ4v) is 2.02. The highest BCUT2D eigenvalue weighted by molar-refractivity contribution is 9.10. The lowest BCUT2D eigenvalue weighted by Gasteiger charge is -2.13. The molecule has 106 valence electrons. The van der Waals surface area contributed by atoms with Gasteiger partial charge in [0.25, 0.3) is 0 Å². The van der Waals surface area contributed by atoms with Gasteiger partial charge in [-0.3, -0.25) is 0 Å². The number of hydrogen-bond acceptors (Lipinski definition) is 3. The summed E-state index contributed by atoms with van der Waals surface area (Å²) in [7, 11) is 0. The molecule has 0 saturated heterocycles. The summed E-state index contributed by atoms with van der Waals surface area (Å²) in [5.74, 6) is 0. The van der Waals surface area contributed by atoms with E-state index >= 15 is 0 Å². The molecule has 20 heavy (non-hydrogen) atoms. The van der Waals surface area contributed by atoms with Gasteiger partial charge in [0, 0.05) is 10.5 Å². The van der Waals surface area contributed by atoms with Gasteiger partial charge < -0.3 is 5.32 Å². The zero-order chi connectivity index (χ0) is 14.9. The first-order valence-corrected chi connectivity index (χ1v) is 6.65. The van der Waals surface area contributed by atoms with Crippen LogP contribution >= 0.6 is 39.1 Å². The third-order valence-electron chi connectivity index (χ3n) is 2.28. The molecule has 0 bridgehead atoms. The van der Waals surface area contributed by atoms with Crippen molar-refractivity contribution in [1.82, 2.24) is 10.2 Å². The minimum atomic E-state index is -4.44. The molecule has 0 saturated carbocycles. The number of nitrogens with one attached hydrogen (secondary N) is 1. The van der Waals surface area contributed by atoms with Crippen molar-refractivity contribution in [2.24, 2.45) is 0 Å². The van der Waals surface area contributed by atoms with Gasteiger partial charge in [0.2, 0.25) is 0 Å². The molecule has 0 spiro atoms. The molecule has 1 heterocycles. The van der Waals surface area contributed by atoms with Crippen LogP contribution in [0.3, 0.4) is 0 Å². The molecule has 1 aromatic heterocycles. The van der Waals surface area contributed by atoms with Crippen LogP contribution in [0.25, 0.3) is 0 Å². The summed E-state index contributed by atoms with van der Waals surface area (Å²) in [6.45, 7) is 0. The molecule has 1 N–H and O–H groups in total. The Labute approximate surface area is 130 Å². The van der Waals surface area contributed by atoms with E-state index in [1.807, 2.05) is 0 Å². The average Bonchev–Trinajstić information content (AvgIpc) is 2.35. The van der Waals surface area contributed by atoms with Crippen LogP contribution in [-0.2, 0) is 6.18 Å². The van der Waals surface area contributed by atoms with E-state index in [-0.39, 0.29) is 21.7 Å². The molecule has 2 aromatic rings. The molecular formula is C11H5BrCl2F3N3. The van der Waals surface area contributed by atoms with E-state index in [1.54, 1.807) is 0 Å². The summed E-state index contributed by atoms with van der Waals surface area (Å²) in [4.78, 5) is 0. The van der Waals surface area contributed by atoms with E-state index < -0.39 is 11.7 Å². The number of anilines is 2. The third kappa shape index (κ3) is 3.53. The third-order valence-corrected chi connectivity index (χ3v) is 3.44. The smallest absolute Gasteiger partial charge is 0.352 e. The van der Waals surface area contributed by atoms with Crippen molar-refractivity contribution in [2.45, 2.75) is 6.18 Å². The number of rotatable bonds is 2. The maximum Gasteiger partial charge on any atom is 0.416 e. The zero-order valence-electron chi connectivity index (χ0n) is 9.47. The van der Waals surface area contributed by atoms with Crippen molar-refractivity contribution in [3.63, 3.8) is 0 Å². The first-order valence-electron chi connectivity index (χ1n) is 5.10. The van der Waals surface area contributed by atoms with Crippen LogP contribution in [0.5, 0.6) is 0 Å². The van der Waals surface area contributed by atoms with Crippen LogP contribution in [0, 0.1) is 0 Å². The van der Waals surface area contributed by atoms with Gasteiger partial charge in [0.15, 0.2) is 10.3 Å². The van der Waals surface area contributed by atoms with Gasteiger partial charge in [0.05, 0.1) is 16.9 Å². The van der Waals surface area contributed by atoms with Crippen LogP contribution in [-0.4, -0.2) is 10.2 Å². The quantitative estimate of drug-likeness (QED) is 0.760. The second-order valence-corrected chi connectivity index (χ2v) is 5.29. The van der Waals surface area contributed by atoms with E-state index in [9.17, 15) is 13.2 Å². The van der Waals surface area contributed by atoms with Crippen molar-refractivity contribution in [1.29, 1.82) is 0 Å². The summed E-state index contributed by atoms with van der Waals surface area (Å²) in [5.41, 5.74) is -0.343. The predicted octanol–water partition coefficient (Wildman–Crippen LogP) is 5.31. The number of benzene rings is 1. The lowest BCUT2D eigenvalue weighted by molar-refractivity contribution is -0.137. The Hall–Kier alpha value is -1.05. The number of nitrogens with zero attached hydrogens (tertiary/aromatic N) is 2. The lowest BCUT2D eigenvalue weighted by atomic mass is 10.2. The van der Waals surface area contributed by atoms with Crippen molar-refractivity contribution in [2.75, 3.05) is 5.32 Å². The second-order valence-electron chi connectivity index (χ2n) is 3.69. The highest BCUT2D eigenvalue weighted by Crippen LogP contribution is 2.36. The minimum Gasteiger partial charge on any atom is -0.352 e. The topological polar surface area (TPSA) is 37.8 Å². The maximum absolute atomic E-state index is 12.7. The molecule has 0 atom stereocenters. The van der Waals surface area contributed by atoms with Crippen molar-refractivity contribution in [3.05, 3.63) is 44.6 Å². The van der Waals surface area contributed by atoms with E-state index in [0.29, 0.717) is 4.47 Å².